The average Bonchev–Trinajstić information content (AvgIpc) is 2.81. The number of benzene rings is 3. The minimum Gasteiger partial charge on any atom is -0.493 e. The molecule has 8 heteroatoms. The number of carbonyl (C=O) groups is 2. The van der Waals surface area contributed by atoms with Gasteiger partial charge in [0.05, 0.1) is 28.4 Å². The fraction of sp³-hybridized carbons (Fsp3) is 0.0800. The fourth-order valence-electron chi connectivity index (χ4n) is 2.81. The van der Waals surface area contributed by atoms with Crippen LogP contribution in [0, 0.1) is 18.3 Å². The van der Waals surface area contributed by atoms with Gasteiger partial charge >= 0.3 is 5.97 Å². The summed E-state index contributed by atoms with van der Waals surface area (Å²) in [5.74, 6) is -0.726. The molecule has 0 aliphatic rings. The summed E-state index contributed by atoms with van der Waals surface area (Å²) in [6, 6.07) is 18.3. The maximum atomic E-state index is 12.6. The van der Waals surface area contributed by atoms with Crippen molar-refractivity contribution in [3.8, 4) is 17.6 Å². The van der Waals surface area contributed by atoms with Crippen molar-refractivity contribution in [2.75, 3.05) is 12.4 Å². The van der Waals surface area contributed by atoms with Gasteiger partial charge in [0.15, 0.2) is 11.5 Å². The first-order valence-corrected chi connectivity index (χ1v) is 10.4. The molecule has 3 rings (SSSR count). The van der Waals surface area contributed by atoms with Crippen LogP contribution < -0.4 is 14.8 Å². The van der Waals surface area contributed by atoms with Crippen molar-refractivity contribution >= 4 is 46.8 Å². The lowest BCUT2D eigenvalue weighted by Crippen LogP contribution is -2.13. The van der Waals surface area contributed by atoms with Gasteiger partial charge in [-0.1, -0.05) is 53.0 Å². The summed E-state index contributed by atoms with van der Waals surface area (Å²) < 4.78 is 10.8. The molecule has 1 N–H and O–H groups in total. The van der Waals surface area contributed by atoms with E-state index in [2.05, 4.69) is 5.32 Å². The van der Waals surface area contributed by atoms with E-state index in [4.69, 9.17) is 32.7 Å². The van der Waals surface area contributed by atoms with Gasteiger partial charge in [0.1, 0.15) is 11.6 Å². The lowest BCUT2D eigenvalue weighted by Gasteiger charge is -2.11. The molecule has 6 nitrogen and oxygen atoms in total. The highest BCUT2D eigenvalue weighted by atomic mass is 35.5. The van der Waals surface area contributed by atoms with Crippen LogP contribution in [0.1, 0.15) is 21.5 Å². The number of hydrogen-bond acceptors (Lipinski definition) is 5. The van der Waals surface area contributed by atoms with Crippen LogP contribution in [0.4, 0.5) is 5.69 Å². The Labute approximate surface area is 201 Å². The summed E-state index contributed by atoms with van der Waals surface area (Å²) in [6.45, 7) is 1.92. The third kappa shape index (κ3) is 5.92. The molecule has 0 aromatic heterocycles. The van der Waals surface area contributed by atoms with Crippen LogP contribution in [-0.4, -0.2) is 19.0 Å². The Kier molecular flexibility index (Phi) is 7.73. The summed E-state index contributed by atoms with van der Waals surface area (Å²) in [4.78, 5) is 25.0. The molecule has 0 unspecified atom stereocenters. The van der Waals surface area contributed by atoms with E-state index in [1.54, 1.807) is 42.5 Å². The Morgan fingerprint density at radius 3 is 2.42 bits per heavy atom. The van der Waals surface area contributed by atoms with Gasteiger partial charge in [0, 0.05) is 0 Å². The Morgan fingerprint density at radius 1 is 1.03 bits per heavy atom. The van der Waals surface area contributed by atoms with Gasteiger partial charge in [-0.25, -0.2) is 4.79 Å². The third-order valence-corrected chi connectivity index (χ3v) is 5.37. The topological polar surface area (TPSA) is 88.4 Å². The zero-order chi connectivity index (χ0) is 24.0. The highest BCUT2D eigenvalue weighted by Gasteiger charge is 2.15. The van der Waals surface area contributed by atoms with Gasteiger partial charge in [-0.2, -0.15) is 5.26 Å². The average molecular weight is 481 g/mol. The Balaban J connectivity index is 1.81. The molecule has 0 bridgehead atoms. The number of nitrogens with one attached hydrogen (secondary N) is 1. The van der Waals surface area contributed by atoms with Gasteiger partial charge in [-0.3, -0.25) is 4.79 Å². The number of anilines is 1. The molecule has 0 radical (unpaired) electrons. The Morgan fingerprint density at radius 2 is 1.76 bits per heavy atom. The summed E-state index contributed by atoms with van der Waals surface area (Å²) in [5.41, 5.74) is 2.03. The predicted molar refractivity (Wildman–Crippen MR) is 128 cm³/mol. The molecule has 0 heterocycles. The van der Waals surface area contributed by atoms with Gasteiger partial charge in [0.25, 0.3) is 5.91 Å². The number of aryl methyl sites for hydroxylation is 1. The molecular weight excluding hydrogens is 463 g/mol. The summed E-state index contributed by atoms with van der Waals surface area (Å²) in [5, 5.41) is 12.5. The van der Waals surface area contributed by atoms with Crippen LogP contribution >= 0.6 is 23.2 Å². The van der Waals surface area contributed by atoms with Crippen molar-refractivity contribution in [2.24, 2.45) is 0 Å². The van der Waals surface area contributed by atoms with E-state index < -0.39 is 11.9 Å². The highest BCUT2D eigenvalue weighted by Crippen LogP contribution is 2.31. The van der Waals surface area contributed by atoms with Gasteiger partial charge < -0.3 is 14.8 Å². The van der Waals surface area contributed by atoms with Crippen LogP contribution in [0.2, 0.25) is 10.0 Å². The Bertz CT molecular complexity index is 1280. The smallest absolute Gasteiger partial charge is 0.343 e. The first-order chi connectivity index (χ1) is 15.8. The molecule has 0 aliphatic carbocycles. The van der Waals surface area contributed by atoms with Crippen LogP contribution in [0.25, 0.3) is 6.08 Å². The van der Waals surface area contributed by atoms with Crippen molar-refractivity contribution in [3.63, 3.8) is 0 Å². The quantitative estimate of drug-likeness (QED) is 0.200. The molecule has 1 amide bonds. The minimum atomic E-state index is -0.657. The third-order valence-electron chi connectivity index (χ3n) is 4.55. The number of nitrogens with zero attached hydrogens (tertiary/aromatic N) is 1. The summed E-state index contributed by atoms with van der Waals surface area (Å²) in [6.07, 6.45) is 1.38. The molecule has 0 saturated heterocycles. The number of amides is 1. The highest BCUT2D eigenvalue weighted by molar-refractivity contribution is 6.44. The number of halogens is 2. The van der Waals surface area contributed by atoms with Gasteiger partial charge in [0.2, 0.25) is 0 Å². The van der Waals surface area contributed by atoms with E-state index in [-0.39, 0.29) is 32.8 Å². The standard InChI is InChI=1S/C25H18Cl2N2O4/c1-15-6-9-17(10-7-15)25(31)33-21-11-8-16(13-22(21)32-2)12-18(14-28)24(30)29-20-5-3-4-19(26)23(20)27/h3-13H,1-2H3,(H,29,30)/b18-12+. The molecule has 3 aromatic rings. The van der Waals surface area contributed by atoms with Crippen molar-refractivity contribution in [2.45, 2.75) is 6.92 Å². The molecule has 166 valence electrons. The van der Waals surface area contributed by atoms with Crippen molar-refractivity contribution in [1.29, 1.82) is 5.26 Å². The SMILES string of the molecule is COc1cc(/C=C(\C#N)C(=O)Nc2cccc(Cl)c2Cl)ccc1OC(=O)c1ccc(C)cc1. The number of esters is 1. The monoisotopic (exact) mass is 480 g/mol. The predicted octanol–water partition coefficient (Wildman–Crippen LogP) is 6.08. The lowest BCUT2D eigenvalue weighted by molar-refractivity contribution is -0.112. The Hall–Kier alpha value is -3.79. The van der Waals surface area contributed by atoms with E-state index in [0.29, 0.717) is 11.1 Å². The molecule has 0 saturated carbocycles. The molecule has 0 fully saturated rings. The second-order valence-electron chi connectivity index (χ2n) is 6.89. The van der Waals surface area contributed by atoms with E-state index in [1.807, 2.05) is 25.1 Å². The number of hydrogen-bond donors (Lipinski definition) is 1. The lowest BCUT2D eigenvalue weighted by atomic mass is 10.1. The number of rotatable bonds is 6. The van der Waals surface area contributed by atoms with Gasteiger partial charge in [-0.05, 0) is 55.0 Å². The van der Waals surface area contributed by atoms with Crippen molar-refractivity contribution < 1.29 is 19.1 Å². The molecular formula is C25H18Cl2N2O4. The maximum Gasteiger partial charge on any atom is 0.343 e. The molecule has 3 aromatic carbocycles. The zero-order valence-electron chi connectivity index (χ0n) is 17.7. The molecule has 33 heavy (non-hydrogen) atoms. The van der Waals surface area contributed by atoms with E-state index in [0.717, 1.165) is 5.56 Å². The van der Waals surface area contributed by atoms with Crippen LogP contribution in [0.5, 0.6) is 11.5 Å². The van der Waals surface area contributed by atoms with Gasteiger partial charge in [-0.15, -0.1) is 0 Å². The number of nitriles is 1. The largest absolute Gasteiger partial charge is 0.493 e. The number of ether oxygens (including phenoxy) is 2. The van der Waals surface area contributed by atoms with E-state index in [9.17, 15) is 14.9 Å². The van der Waals surface area contributed by atoms with Crippen molar-refractivity contribution in [1.82, 2.24) is 0 Å². The number of methoxy groups -OCH3 is 1. The van der Waals surface area contributed by atoms with Crippen LogP contribution in [-0.2, 0) is 4.79 Å². The van der Waals surface area contributed by atoms with Crippen molar-refractivity contribution in [3.05, 3.63) is 93.0 Å². The normalized spacial score (nSPS) is 10.8. The first-order valence-electron chi connectivity index (χ1n) is 9.66. The van der Waals surface area contributed by atoms with Crippen LogP contribution in [0.15, 0.2) is 66.2 Å². The molecule has 0 aliphatic heterocycles. The fourth-order valence-corrected chi connectivity index (χ4v) is 3.16. The van der Waals surface area contributed by atoms with E-state index >= 15 is 0 Å². The second kappa shape index (κ2) is 10.7. The molecule has 0 spiro atoms. The zero-order valence-corrected chi connectivity index (χ0v) is 19.2. The summed E-state index contributed by atoms with van der Waals surface area (Å²) in [7, 11) is 1.42. The molecule has 0 atom stereocenters. The first kappa shape index (κ1) is 23.9. The number of carbonyl (C=O) groups excluding carboxylic acids is 2. The minimum absolute atomic E-state index is 0.169. The van der Waals surface area contributed by atoms with Crippen LogP contribution in [0.3, 0.4) is 0 Å². The second-order valence-corrected chi connectivity index (χ2v) is 7.68. The maximum absolute atomic E-state index is 12.6. The summed E-state index contributed by atoms with van der Waals surface area (Å²) >= 11 is 12.0. The van der Waals surface area contributed by atoms with E-state index in [1.165, 1.54) is 19.3 Å².